The van der Waals surface area contributed by atoms with Gasteiger partial charge in [0.25, 0.3) is 5.91 Å². The summed E-state index contributed by atoms with van der Waals surface area (Å²) in [4.78, 5) is 42.2. The number of fused-ring (bicyclic) bond motifs is 2. The van der Waals surface area contributed by atoms with Crippen molar-refractivity contribution in [2.24, 2.45) is 15.8 Å². The summed E-state index contributed by atoms with van der Waals surface area (Å²) in [5.74, 6) is -1.40. The lowest BCUT2D eigenvalue weighted by molar-refractivity contribution is -0.141. The van der Waals surface area contributed by atoms with E-state index in [0.29, 0.717) is 11.3 Å². The Balaban J connectivity index is 1.72. The van der Waals surface area contributed by atoms with Crippen LogP contribution in [0.25, 0.3) is 0 Å². The van der Waals surface area contributed by atoms with Crippen molar-refractivity contribution in [2.75, 3.05) is 13.7 Å². The third-order valence-corrected chi connectivity index (χ3v) is 6.33. The molecule has 0 aromatic heterocycles. The monoisotopic (exact) mass is 443 g/mol. The van der Waals surface area contributed by atoms with Gasteiger partial charge in [0.15, 0.2) is 5.90 Å². The molecule has 3 rings (SSSR count). The lowest BCUT2D eigenvalue weighted by atomic mass is 9.65. The molecule has 2 fully saturated rings. The van der Waals surface area contributed by atoms with Crippen LogP contribution in [0.4, 0.5) is 5.69 Å². The van der Waals surface area contributed by atoms with E-state index in [1.54, 1.807) is 24.3 Å². The van der Waals surface area contributed by atoms with Crippen molar-refractivity contribution in [1.29, 1.82) is 0 Å². The first-order valence-electron chi connectivity index (χ1n) is 10.9. The molecule has 1 aromatic rings. The van der Waals surface area contributed by atoms with E-state index >= 15 is 0 Å². The topological polar surface area (TPSA) is 108 Å². The molecular weight excluding hydrogens is 410 g/mol. The minimum absolute atomic E-state index is 0.0375. The Morgan fingerprint density at radius 3 is 2.44 bits per heavy atom. The summed E-state index contributed by atoms with van der Waals surface area (Å²) in [7, 11) is 1.40. The first kappa shape index (κ1) is 23.8. The van der Waals surface area contributed by atoms with Gasteiger partial charge in [0, 0.05) is 25.1 Å². The third kappa shape index (κ3) is 5.47. The molecule has 2 bridgehead atoms. The number of hydrogen-bond donors (Lipinski definition) is 2. The number of rotatable bonds is 6. The first-order valence-corrected chi connectivity index (χ1v) is 10.9. The minimum atomic E-state index is -1.17. The van der Waals surface area contributed by atoms with Crippen molar-refractivity contribution < 1.29 is 24.2 Å². The predicted molar refractivity (Wildman–Crippen MR) is 121 cm³/mol. The van der Waals surface area contributed by atoms with Gasteiger partial charge in [-0.2, -0.15) is 0 Å². The summed E-state index contributed by atoms with van der Waals surface area (Å²) in [6.07, 6.45) is 3.12. The van der Waals surface area contributed by atoms with Gasteiger partial charge in [-0.05, 0) is 54.4 Å². The smallest absolute Gasteiger partial charge is 0.326 e. The van der Waals surface area contributed by atoms with Crippen LogP contribution in [0, 0.1) is 10.8 Å². The van der Waals surface area contributed by atoms with Crippen LogP contribution in [-0.4, -0.2) is 59.4 Å². The van der Waals surface area contributed by atoms with Crippen LogP contribution >= 0.6 is 0 Å². The number of carbonyl (C=O) groups is 3. The van der Waals surface area contributed by atoms with E-state index in [2.05, 4.69) is 31.1 Å². The maximum Gasteiger partial charge on any atom is 0.326 e. The van der Waals surface area contributed by atoms with Gasteiger partial charge in [-0.25, -0.2) is 9.79 Å². The van der Waals surface area contributed by atoms with Gasteiger partial charge in [0.1, 0.15) is 6.04 Å². The number of carboxylic acid groups (broad SMARTS) is 1. The van der Waals surface area contributed by atoms with Gasteiger partial charge >= 0.3 is 5.97 Å². The molecule has 8 nitrogen and oxygen atoms in total. The number of likely N-dealkylation sites (tertiary alicyclic amines) is 1. The van der Waals surface area contributed by atoms with Crippen LogP contribution in [0.3, 0.4) is 0 Å². The number of ether oxygens (including phenoxy) is 1. The third-order valence-electron chi connectivity index (χ3n) is 6.33. The zero-order valence-corrected chi connectivity index (χ0v) is 19.5. The lowest BCUT2D eigenvalue weighted by Gasteiger charge is -2.39. The Bertz CT molecular complexity index is 924. The molecule has 1 saturated carbocycles. The molecule has 3 atom stereocenters. The maximum absolute atomic E-state index is 13.2. The molecule has 3 unspecified atom stereocenters. The van der Waals surface area contributed by atoms with Crippen molar-refractivity contribution >= 4 is 29.4 Å². The highest BCUT2D eigenvalue weighted by atomic mass is 16.5. The van der Waals surface area contributed by atoms with E-state index in [-0.39, 0.29) is 35.1 Å². The number of carboxylic acids is 1. The Hall–Kier alpha value is -2.90. The number of aliphatic imine (C=N–C) groups is 1. The average molecular weight is 444 g/mol. The molecule has 2 N–H and O–H groups in total. The molecule has 0 radical (unpaired) electrons. The molecule has 1 saturated heterocycles. The van der Waals surface area contributed by atoms with E-state index in [4.69, 9.17) is 4.74 Å². The fraction of sp³-hybridized carbons (Fsp3) is 0.583. The number of hydrogen-bond acceptors (Lipinski definition) is 5. The zero-order valence-electron chi connectivity index (χ0n) is 19.5. The normalized spacial score (nSPS) is 25.2. The molecule has 1 aliphatic carbocycles. The second kappa shape index (κ2) is 8.92. The molecule has 2 amide bonds. The number of nitrogens with zero attached hydrogens (tertiary/aromatic N) is 2. The Morgan fingerprint density at radius 1 is 1.22 bits per heavy atom. The van der Waals surface area contributed by atoms with Crippen LogP contribution in [0.2, 0.25) is 0 Å². The number of benzene rings is 1. The summed E-state index contributed by atoms with van der Waals surface area (Å²) in [6, 6.07) is 6.06. The van der Waals surface area contributed by atoms with Crippen LogP contribution in [0.15, 0.2) is 29.3 Å². The van der Waals surface area contributed by atoms with Gasteiger partial charge in [-0.3, -0.25) is 9.59 Å². The van der Waals surface area contributed by atoms with Gasteiger partial charge in [0.05, 0.1) is 19.2 Å². The highest BCUT2D eigenvalue weighted by Crippen LogP contribution is 2.52. The summed E-state index contributed by atoms with van der Waals surface area (Å²) in [5.41, 5.74) is 1.57. The SMILES string of the molecule is COC(CC(NC(C)=O)C(=O)O)=Nc1ccc(C(=O)N2CC3(C)CC2CC(C)(C)C3)cc1. The highest BCUT2D eigenvalue weighted by molar-refractivity contribution is 5.95. The lowest BCUT2D eigenvalue weighted by Crippen LogP contribution is -2.41. The summed E-state index contributed by atoms with van der Waals surface area (Å²) in [6.45, 7) is 8.89. The minimum Gasteiger partial charge on any atom is -0.484 e. The fourth-order valence-electron chi connectivity index (χ4n) is 5.48. The number of methoxy groups -OCH3 is 1. The number of nitrogens with one attached hydrogen (secondary N) is 1. The van der Waals surface area contributed by atoms with E-state index in [1.165, 1.54) is 14.0 Å². The Kier molecular flexibility index (Phi) is 6.62. The predicted octanol–water partition coefficient (Wildman–Crippen LogP) is 3.38. The largest absolute Gasteiger partial charge is 0.484 e. The second-order valence-corrected chi connectivity index (χ2v) is 10.2. The standard InChI is InChI=1S/C24H33N3O5/c1-15(28)25-19(22(30)31)10-20(32-5)26-17-8-6-16(7-9-17)21(29)27-14-24(4)12-18(27)11-23(2,3)13-24/h6-9,18-19H,10-14H2,1-5H3,(H,25,28)(H,30,31). The molecule has 1 aliphatic heterocycles. The zero-order chi connectivity index (χ0) is 23.7. The molecule has 0 spiro atoms. The molecule has 1 heterocycles. The van der Waals surface area contributed by atoms with Crippen molar-refractivity contribution in [2.45, 2.75) is 65.5 Å². The molecule has 8 heteroatoms. The molecule has 174 valence electrons. The van der Waals surface area contributed by atoms with Crippen molar-refractivity contribution in [3.63, 3.8) is 0 Å². The van der Waals surface area contributed by atoms with E-state index in [0.717, 1.165) is 25.8 Å². The van der Waals surface area contributed by atoms with Crippen LogP contribution in [0.5, 0.6) is 0 Å². The van der Waals surface area contributed by atoms with Gasteiger partial charge in [-0.1, -0.05) is 20.8 Å². The van der Waals surface area contributed by atoms with Crippen molar-refractivity contribution in [3.8, 4) is 0 Å². The molecular formula is C24H33N3O5. The van der Waals surface area contributed by atoms with Gasteiger partial charge < -0.3 is 20.1 Å². The Morgan fingerprint density at radius 2 is 1.88 bits per heavy atom. The van der Waals surface area contributed by atoms with Gasteiger partial charge in [-0.15, -0.1) is 0 Å². The quantitative estimate of drug-likeness (QED) is 0.518. The number of amides is 2. The highest BCUT2D eigenvalue weighted by Gasteiger charge is 2.51. The van der Waals surface area contributed by atoms with Crippen molar-refractivity contribution in [3.05, 3.63) is 29.8 Å². The van der Waals surface area contributed by atoms with Crippen LogP contribution in [-0.2, 0) is 14.3 Å². The van der Waals surface area contributed by atoms with E-state index in [9.17, 15) is 19.5 Å². The summed E-state index contributed by atoms with van der Waals surface area (Å²) < 4.78 is 5.21. The fourth-order valence-corrected chi connectivity index (χ4v) is 5.48. The molecule has 32 heavy (non-hydrogen) atoms. The Labute approximate surface area is 189 Å². The van der Waals surface area contributed by atoms with Crippen LogP contribution in [0.1, 0.15) is 63.7 Å². The average Bonchev–Trinajstić information content (AvgIpc) is 2.94. The van der Waals surface area contributed by atoms with E-state index in [1.807, 2.05) is 4.90 Å². The number of carbonyl (C=O) groups excluding carboxylic acids is 2. The van der Waals surface area contributed by atoms with E-state index < -0.39 is 17.9 Å². The van der Waals surface area contributed by atoms with Gasteiger partial charge in [0.2, 0.25) is 5.91 Å². The van der Waals surface area contributed by atoms with Crippen molar-refractivity contribution in [1.82, 2.24) is 10.2 Å². The molecule has 2 aliphatic rings. The molecule has 1 aromatic carbocycles. The summed E-state index contributed by atoms with van der Waals surface area (Å²) >= 11 is 0. The second-order valence-electron chi connectivity index (χ2n) is 10.2. The first-order chi connectivity index (χ1) is 14.9. The number of aliphatic carboxylic acids is 1. The maximum atomic E-state index is 13.2. The van der Waals surface area contributed by atoms with Crippen LogP contribution < -0.4 is 5.32 Å². The summed E-state index contributed by atoms with van der Waals surface area (Å²) in [5, 5.41) is 11.6.